The predicted molar refractivity (Wildman–Crippen MR) is 51.5 cm³/mol. The van der Waals surface area contributed by atoms with Gasteiger partial charge in [0, 0.05) is 0 Å². The molecule has 0 unspecified atom stereocenters. The number of aliphatic carboxylic acids is 1. The molecule has 0 spiro atoms. The van der Waals surface area contributed by atoms with Crippen LogP contribution in [0.1, 0.15) is 33.6 Å². The zero-order valence-electron chi connectivity index (χ0n) is 9.03. The van der Waals surface area contributed by atoms with E-state index < -0.39 is 11.6 Å². The summed E-state index contributed by atoms with van der Waals surface area (Å²) in [5, 5.41) is 8.88. The minimum atomic E-state index is -1.18. The van der Waals surface area contributed by atoms with Gasteiger partial charge in [0.25, 0.3) is 0 Å². The predicted octanol–water partition coefficient (Wildman–Crippen LogP) is 1.13. The average molecular weight is 215 g/mol. The van der Waals surface area contributed by atoms with E-state index in [0.717, 1.165) is 12.8 Å². The number of carbonyl (C=O) groups is 1. The van der Waals surface area contributed by atoms with Crippen molar-refractivity contribution in [3.05, 3.63) is 16.2 Å². The quantitative estimate of drug-likeness (QED) is 0.531. The number of hydrogen-bond acceptors (Lipinski definition) is 3. The maximum absolute atomic E-state index is 11.2. The van der Waals surface area contributed by atoms with Gasteiger partial charge in [-0.3, -0.25) is 0 Å². The van der Waals surface area contributed by atoms with Crippen LogP contribution in [0.15, 0.2) is 11.3 Å². The summed E-state index contributed by atoms with van der Waals surface area (Å²) < 4.78 is 0. The molecule has 0 amide bonds. The fourth-order valence-corrected chi connectivity index (χ4v) is 0.955. The number of carboxylic acid groups (broad SMARTS) is 1. The second-order valence-corrected chi connectivity index (χ2v) is 4.09. The third kappa shape index (κ3) is 3.23. The van der Waals surface area contributed by atoms with E-state index in [1.54, 1.807) is 20.8 Å². The van der Waals surface area contributed by atoms with Crippen molar-refractivity contribution in [3.63, 3.8) is 0 Å². The first-order valence-electron chi connectivity index (χ1n) is 4.68. The highest BCUT2D eigenvalue weighted by atomic mass is 16.8. The summed E-state index contributed by atoms with van der Waals surface area (Å²) in [6.07, 6.45) is 1.62. The van der Waals surface area contributed by atoms with Crippen molar-refractivity contribution in [1.29, 1.82) is 0 Å². The minimum absolute atomic E-state index is 0.115. The van der Waals surface area contributed by atoms with Crippen molar-refractivity contribution in [2.24, 2.45) is 0 Å². The van der Waals surface area contributed by atoms with Gasteiger partial charge in [-0.1, -0.05) is 5.43 Å². The molecule has 15 heavy (non-hydrogen) atoms. The molecular weight excluding hydrogens is 200 g/mol. The highest BCUT2D eigenvalue weighted by Crippen LogP contribution is 2.38. The monoisotopic (exact) mass is 215 g/mol. The molecule has 1 saturated carbocycles. The van der Waals surface area contributed by atoms with Gasteiger partial charge in [0.15, 0.2) is 11.3 Å². The number of allylic oxidation sites excluding steroid dienone is 1. The smallest absolute Gasteiger partial charge is 0.362 e. The lowest BCUT2D eigenvalue weighted by Gasteiger charge is -2.03. The summed E-state index contributed by atoms with van der Waals surface area (Å²) in [5.74, 6) is -1.18. The molecule has 6 heteroatoms. The van der Waals surface area contributed by atoms with E-state index in [2.05, 4.69) is 5.43 Å². The maximum Gasteiger partial charge on any atom is 0.362 e. The Morgan fingerprint density at radius 2 is 2.00 bits per heavy atom. The highest BCUT2D eigenvalue weighted by Gasteiger charge is 2.47. The van der Waals surface area contributed by atoms with Crippen LogP contribution in [0, 0.1) is 4.91 Å². The van der Waals surface area contributed by atoms with Gasteiger partial charge in [-0.2, -0.15) is 4.84 Å². The molecule has 1 aliphatic carbocycles. The Morgan fingerprint density at radius 3 is 2.33 bits per heavy atom. The summed E-state index contributed by atoms with van der Waals surface area (Å²) in [4.78, 5) is 26.9. The molecule has 84 valence electrons. The average Bonchev–Trinajstić information content (AvgIpc) is 2.78. The lowest BCUT2D eigenvalue weighted by atomic mass is 10.3. The fourth-order valence-electron chi connectivity index (χ4n) is 0.955. The summed E-state index contributed by atoms with van der Waals surface area (Å²) in [6, 6.07) is 0. The van der Waals surface area contributed by atoms with Crippen molar-refractivity contribution < 1.29 is 19.8 Å². The van der Waals surface area contributed by atoms with E-state index in [-0.39, 0.29) is 10.7 Å². The van der Waals surface area contributed by atoms with E-state index in [1.807, 2.05) is 0 Å². The first kappa shape index (κ1) is 11.5. The number of rotatable bonds is 5. The highest BCUT2D eigenvalue weighted by molar-refractivity contribution is 5.86. The molecule has 0 atom stereocenters. The molecule has 0 saturated heterocycles. The van der Waals surface area contributed by atoms with Crippen molar-refractivity contribution in [2.75, 3.05) is 0 Å². The molecule has 0 radical (unpaired) electrons. The van der Waals surface area contributed by atoms with Gasteiger partial charge in [-0.05, 0) is 39.2 Å². The number of hydrogen-bond donors (Lipinski definition) is 2. The second-order valence-electron chi connectivity index (χ2n) is 4.09. The van der Waals surface area contributed by atoms with Crippen LogP contribution in [0.25, 0.3) is 0 Å². The first-order valence-corrected chi connectivity index (χ1v) is 4.68. The molecule has 1 rings (SSSR count). The Kier molecular flexibility index (Phi) is 2.97. The largest absolute Gasteiger partial charge is 0.476 e. The van der Waals surface area contributed by atoms with Crippen LogP contribution in [0.2, 0.25) is 0 Å². The van der Waals surface area contributed by atoms with Crippen LogP contribution in [0.4, 0.5) is 0 Å². The van der Waals surface area contributed by atoms with Crippen molar-refractivity contribution in [2.45, 2.75) is 39.2 Å². The Morgan fingerprint density at radius 1 is 1.47 bits per heavy atom. The molecule has 0 aromatic rings. The molecule has 6 nitrogen and oxygen atoms in total. The molecule has 1 fully saturated rings. The van der Waals surface area contributed by atoms with Crippen LogP contribution >= 0.6 is 0 Å². The first-order chi connectivity index (χ1) is 6.84. The molecule has 0 aromatic heterocycles. The van der Waals surface area contributed by atoms with Gasteiger partial charge in [-0.15, -0.1) is 0 Å². The second kappa shape index (κ2) is 3.88. The third-order valence-corrected chi connectivity index (χ3v) is 2.17. The van der Waals surface area contributed by atoms with Crippen LogP contribution in [-0.4, -0.2) is 21.7 Å². The lowest BCUT2D eigenvalue weighted by Crippen LogP contribution is -2.33. The number of hydrazine groups is 1. The molecule has 0 bridgehead atoms. The Balaban J connectivity index is 2.56. The molecule has 0 aliphatic heterocycles. The van der Waals surface area contributed by atoms with Gasteiger partial charge in [0.05, 0.1) is 0 Å². The van der Waals surface area contributed by atoms with E-state index in [4.69, 9.17) is 9.94 Å². The Hall–Kier alpha value is -1.59. The zero-order chi connectivity index (χ0) is 11.6. The summed E-state index contributed by atoms with van der Waals surface area (Å²) in [6.45, 7) is 4.99. The minimum Gasteiger partial charge on any atom is -0.476 e. The third-order valence-electron chi connectivity index (χ3n) is 2.17. The van der Waals surface area contributed by atoms with Gasteiger partial charge in [-0.25, -0.2) is 4.79 Å². The summed E-state index contributed by atoms with van der Waals surface area (Å²) in [5.41, 5.74) is 2.07. The van der Waals surface area contributed by atoms with E-state index in [0.29, 0.717) is 5.57 Å². The number of carboxylic acids is 1. The normalized spacial score (nSPS) is 16.5. The van der Waals surface area contributed by atoms with Gasteiger partial charge in [0.2, 0.25) is 0 Å². The molecular formula is C9H15N2O4+. The fraction of sp³-hybridized carbons (Fsp3) is 0.667. The topological polar surface area (TPSA) is 78.6 Å². The number of nitrogens with zero attached hydrogens (tertiary/aromatic N) is 1. The van der Waals surface area contributed by atoms with Crippen LogP contribution in [0.5, 0.6) is 0 Å². The zero-order valence-corrected chi connectivity index (χ0v) is 9.03. The molecule has 1 aliphatic rings. The van der Waals surface area contributed by atoms with Crippen LogP contribution in [0.3, 0.4) is 0 Å². The summed E-state index contributed by atoms with van der Waals surface area (Å²) >= 11 is 0. The van der Waals surface area contributed by atoms with Crippen molar-refractivity contribution in [3.8, 4) is 0 Å². The molecule has 2 N–H and O–H groups in total. The maximum atomic E-state index is 11.2. The lowest BCUT2D eigenvalue weighted by molar-refractivity contribution is -0.850. The van der Waals surface area contributed by atoms with E-state index in [9.17, 15) is 9.70 Å². The van der Waals surface area contributed by atoms with Gasteiger partial charge < -0.3 is 5.11 Å². The Bertz CT molecular complexity index is 327. The van der Waals surface area contributed by atoms with Crippen LogP contribution in [-0.2, 0) is 9.63 Å². The van der Waals surface area contributed by atoms with Crippen molar-refractivity contribution in [1.82, 2.24) is 5.43 Å². The van der Waals surface area contributed by atoms with Gasteiger partial charge >= 0.3 is 11.0 Å². The van der Waals surface area contributed by atoms with E-state index in [1.165, 1.54) is 0 Å². The summed E-state index contributed by atoms with van der Waals surface area (Å²) in [7, 11) is 0. The number of nitrogens with one attached hydrogen (secondary N) is 1. The van der Waals surface area contributed by atoms with E-state index >= 15 is 0 Å². The SMILES string of the molecule is CC(C)=C(N[N+](=O)OC1(C)CC1)C(=O)O. The Labute approximate surface area is 87.4 Å². The molecule has 0 heterocycles. The van der Waals surface area contributed by atoms with Crippen molar-refractivity contribution >= 4 is 5.97 Å². The van der Waals surface area contributed by atoms with Gasteiger partial charge in [0.1, 0.15) is 4.91 Å². The van der Waals surface area contributed by atoms with Crippen LogP contribution < -0.4 is 5.43 Å². The molecule has 0 aromatic carbocycles. The standard InChI is InChI=1S/C9H14N2O4/c1-6(2)7(8(12)13)10-11(14)15-9(3)4-5-9/h4-5H2,1-3H3,(H-,10,12,13,14)/p+1.